The second kappa shape index (κ2) is 3.71. The Morgan fingerprint density at radius 1 is 1.38 bits per heavy atom. The van der Waals surface area contributed by atoms with E-state index < -0.39 is 11.2 Å². The van der Waals surface area contributed by atoms with Gasteiger partial charge in [-0.15, -0.1) is 5.06 Å². The summed E-state index contributed by atoms with van der Waals surface area (Å²) in [4.78, 5) is 0. The molecule has 0 bridgehead atoms. The first-order valence-corrected chi connectivity index (χ1v) is 5.17. The summed E-state index contributed by atoms with van der Waals surface area (Å²) in [5, 5.41) is 28.7. The highest BCUT2D eigenvalue weighted by atomic mass is 16.6. The molecule has 1 heterocycles. The van der Waals surface area contributed by atoms with Crippen LogP contribution >= 0.6 is 0 Å². The molecule has 92 valence electrons. The van der Waals surface area contributed by atoms with Crippen molar-refractivity contribution in [1.82, 2.24) is 10.1 Å². The molecular weight excluding hydrogens is 208 g/mol. The third-order valence-electron chi connectivity index (χ3n) is 2.80. The molecule has 1 rings (SSSR count). The van der Waals surface area contributed by atoms with Crippen molar-refractivity contribution in [3.8, 4) is 0 Å². The maximum absolute atomic E-state index is 12.0. The van der Waals surface area contributed by atoms with Crippen molar-refractivity contribution in [2.75, 3.05) is 14.1 Å². The van der Waals surface area contributed by atoms with Gasteiger partial charge in [-0.3, -0.25) is 0 Å². The Morgan fingerprint density at radius 3 is 2.19 bits per heavy atom. The Balaban J connectivity index is 3.19. The smallest absolute Gasteiger partial charge is 0.245 e. The second-order valence-corrected chi connectivity index (χ2v) is 5.14. The minimum atomic E-state index is -0.975. The van der Waals surface area contributed by atoms with Gasteiger partial charge in [0, 0.05) is 27.9 Å². The van der Waals surface area contributed by atoms with Crippen LogP contribution in [0, 0.1) is 5.21 Å². The van der Waals surface area contributed by atoms with E-state index in [1.807, 2.05) is 0 Å². The van der Waals surface area contributed by atoms with E-state index in [0.717, 1.165) is 9.80 Å². The van der Waals surface area contributed by atoms with Gasteiger partial charge >= 0.3 is 0 Å². The molecule has 0 aromatic rings. The van der Waals surface area contributed by atoms with Gasteiger partial charge in [-0.05, 0) is 13.8 Å². The van der Waals surface area contributed by atoms with E-state index in [4.69, 9.17) is 0 Å². The second-order valence-electron chi connectivity index (χ2n) is 5.14. The van der Waals surface area contributed by atoms with Crippen LogP contribution < -0.4 is 0 Å². The Kier molecular flexibility index (Phi) is 3.00. The standard InChI is InChI=1S/C10H20N4O2/c1-9(2)8(7-11-12(5)6)13(15)10(3,4)14(9)16/h7,16H,1-6H3/b11-7+. The van der Waals surface area contributed by atoms with E-state index in [0.29, 0.717) is 5.71 Å². The molecule has 0 saturated heterocycles. The minimum absolute atomic E-state index is 0.439. The van der Waals surface area contributed by atoms with Crippen molar-refractivity contribution in [2.24, 2.45) is 5.10 Å². The van der Waals surface area contributed by atoms with E-state index in [-0.39, 0.29) is 0 Å². The van der Waals surface area contributed by atoms with Gasteiger partial charge in [-0.1, -0.05) is 0 Å². The zero-order valence-corrected chi connectivity index (χ0v) is 10.7. The molecule has 0 aromatic carbocycles. The Labute approximate surface area is 96.0 Å². The molecule has 1 N–H and O–H groups in total. The highest BCUT2D eigenvalue weighted by molar-refractivity contribution is 6.32. The molecule has 0 radical (unpaired) electrons. The van der Waals surface area contributed by atoms with Crippen LogP contribution in [0.3, 0.4) is 0 Å². The van der Waals surface area contributed by atoms with Gasteiger partial charge in [-0.25, -0.2) is 0 Å². The van der Waals surface area contributed by atoms with E-state index in [1.165, 1.54) is 6.21 Å². The zero-order chi connectivity index (χ0) is 12.7. The first-order valence-electron chi connectivity index (χ1n) is 5.17. The number of nitrogens with zero attached hydrogens (tertiary/aromatic N) is 4. The third-order valence-corrected chi connectivity index (χ3v) is 2.80. The van der Waals surface area contributed by atoms with E-state index in [9.17, 15) is 10.4 Å². The summed E-state index contributed by atoms with van der Waals surface area (Å²) in [7, 11) is 3.55. The van der Waals surface area contributed by atoms with Gasteiger partial charge in [0.05, 0.1) is 0 Å². The average Bonchev–Trinajstić information content (AvgIpc) is 2.24. The summed E-state index contributed by atoms with van der Waals surface area (Å²) < 4.78 is 0.792. The maximum atomic E-state index is 12.0. The fourth-order valence-electron chi connectivity index (χ4n) is 1.80. The molecule has 6 nitrogen and oxygen atoms in total. The van der Waals surface area contributed by atoms with Crippen LogP contribution in [-0.2, 0) is 0 Å². The van der Waals surface area contributed by atoms with Gasteiger partial charge in [0.2, 0.25) is 11.4 Å². The number of rotatable bonds is 2. The van der Waals surface area contributed by atoms with Gasteiger partial charge in [0.15, 0.2) is 0 Å². The predicted octanol–water partition coefficient (Wildman–Crippen LogP) is 0.705. The van der Waals surface area contributed by atoms with E-state index in [1.54, 1.807) is 46.8 Å². The largest absolute Gasteiger partial charge is 0.622 e. The molecule has 1 aliphatic rings. The van der Waals surface area contributed by atoms with Crippen LogP contribution in [-0.4, -0.2) is 57.2 Å². The number of hydrazone groups is 1. The highest BCUT2D eigenvalue weighted by Crippen LogP contribution is 2.31. The number of hydrogen-bond acceptors (Lipinski definition) is 5. The van der Waals surface area contributed by atoms with Gasteiger partial charge in [-0.2, -0.15) is 9.84 Å². The molecule has 0 fully saturated rings. The van der Waals surface area contributed by atoms with Crippen molar-refractivity contribution < 1.29 is 9.95 Å². The monoisotopic (exact) mass is 228 g/mol. The fraction of sp³-hybridized carbons (Fsp3) is 0.800. The molecule has 0 spiro atoms. The number of hydroxylamine groups is 3. The fourth-order valence-corrected chi connectivity index (χ4v) is 1.80. The first-order chi connectivity index (χ1) is 7.11. The van der Waals surface area contributed by atoms with Crippen LogP contribution in [0.25, 0.3) is 0 Å². The molecule has 0 aromatic heterocycles. The van der Waals surface area contributed by atoms with Crippen molar-refractivity contribution in [2.45, 2.75) is 38.9 Å². The molecule has 16 heavy (non-hydrogen) atoms. The summed E-state index contributed by atoms with van der Waals surface area (Å²) in [5.74, 6) is 0. The van der Waals surface area contributed by atoms with Crippen LogP contribution in [0.15, 0.2) is 5.10 Å². The molecule has 1 aliphatic heterocycles. The summed E-state index contributed by atoms with van der Waals surface area (Å²) in [5.41, 5.74) is -1.28. The molecule has 0 atom stereocenters. The minimum Gasteiger partial charge on any atom is -0.622 e. The third kappa shape index (κ3) is 1.78. The predicted molar refractivity (Wildman–Crippen MR) is 62.6 cm³/mol. The molecule has 6 heteroatoms. The van der Waals surface area contributed by atoms with Crippen LogP contribution in [0.1, 0.15) is 27.7 Å². The Bertz CT molecular complexity index is 345. The topological polar surface area (TPSA) is 65.1 Å². The van der Waals surface area contributed by atoms with Gasteiger partial charge in [0.1, 0.15) is 11.8 Å². The molecule has 0 unspecified atom stereocenters. The van der Waals surface area contributed by atoms with Crippen molar-refractivity contribution >= 4 is 11.9 Å². The SMILES string of the molecule is CN(C)/N=C/C1=[N+]([O-])C(C)(C)N(O)C1(C)C. The number of hydrogen-bond donors (Lipinski definition) is 1. The van der Waals surface area contributed by atoms with Crippen molar-refractivity contribution in [3.05, 3.63) is 5.21 Å². The quantitative estimate of drug-likeness (QED) is 0.327. The zero-order valence-electron chi connectivity index (χ0n) is 10.7. The van der Waals surface area contributed by atoms with Crippen molar-refractivity contribution in [3.63, 3.8) is 0 Å². The van der Waals surface area contributed by atoms with Gasteiger partial charge in [0.25, 0.3) is 0 Å². The highest BCUT2D eigenvalue weighted by Gasteiger charge is 2.56. The summed E-state index contributed by atoms with van der Waals surface area (Å²) in [6, 6.07) is 0. The lowest BCUT2D eigenvalue weighted by atomic mass is 9.99. The molecular formula is C10H20N4O2. The summed E-state index contributed by atoms with van der Waals surface area (Å²) >= 11 is 0. The van der Waals surface area contributed by atoms with Crippen LogP contribution in [0.5, 0.6) is 0 Å². The Morgan fingerprint density at radius 2 is 1.88 bits per heavy atom. The van der Waals surface area contributed by atoms with Crippen molar-refractivity contribution in [1.29, 1.82) is 0 Å². The summed E-state index contributed by atoms with van der Waals surface area (Å²) in [6.07, 6.45) is 1.49. The van der Waals surface area contributed by atoms with Crippen LogP contribution in [0.4, 0.5) is 0 Å². The lowest BCUT2D eigenvalue weighted by Crippen LogP contribution is -2.51. The van der Waals surface area contributed by atoms with E-state index in [2.05, 4.69) is 5.10 Å². The molecule has 0 amide bonds. The lowest BCUT2D eigenvalue weighted by Gasteiger charge is -2.29. The van der Waals surface area contributed by atoms with E-state index >= 15 is 0 Å². The average molecular weight is 228 g/mol. The Hall–Kier alpha value is -1.14. The summed E-state index contributed by atoms with van der Waals surface area (Å²) in [6.45, 7) is 6.89. The van der Waals surface area contributed by atoms with Crippen LogP contribution in [0.2, 0.25) is 0 Å². The normalized spacial score (nSPS) is 24.4. The molecule has 0 saturated carbocycles. The molecule has 0 aliphatic carbocycles. The first kappa shape index (κ1) is 12.9. The van der Waals surface area contributed by atoms with Gasteiger partial charge < -0.3 is 15.4 Å². The lowest BCUT2D eigenvalue weighted by molar-refractivity contribution is -0.579. The maximum Gasteiger partial charge on any atom is 0.245 e.